The molecule has 0 amide bonds. The first kappa shape index (κ1) is 21.0. The van der Waals surface area contributed by atoms with Crippen LogP contribution in [0, 0.1) is 0 Å². The van der Waals surface area contributed by atoms with Crippen molar-refractivity contribution in [3.63, 3.8) is 0 Å². The summed E-state index contributed by atoms with van der Waals surface area (Å²) in [5.41, 5.74) is 1.63. The van der Waals surface area contributed by atoms with Crippen molar-refractivity contribution in [1.82, 2.24) is 19.3 Å². The second-order valence-corrected chi connectivity index (χ2v) is 8.23. The highest BCUT2D eigenvalue weighted by molar-refractivity contribution is 6.35. The van der Waals surface area contributed by atoms with Gasteiger partial charge in [0.1, 0.15) is 37.7 Å². The smallest absolute Gasteiger partial charge is 0.217 e. The molecular formula is C23H20Cl2N4O3. The fourth-order valence-corrected chi connectivity index (χ4v) is 4.31. The maximum absolute atomic E-state index is 6.51. The molecular weight excluding hydrogens is 451 g/mol. The van der Waals surface area contributed by atoms with Crippen LogP contribution in [0.3, 0.4) is 0 Å². The largest absolute Gasteiger partial charge is 0.489 e. The summed E-state index contributed by atoms with van der Waals surface area (Å²) >= 11 is 12.6. The van der Waals surface area contributed by atoms with E-state index in [0.29, 0.717) is 28.8 Å². The minimum Gasteiger partial charge on any atom is -0.489 e. The first-order valence-electron chi connectivity index (χ1n) is 10.1. The van der Waals surface area contributed by atoms with E-state index >= 15 is 0 Å². The lowest BCUT2D eigenvalue weighted by molar-refractivity contribution is -0.190. The van der Waals surface area contributed by atoms with Crippen LogP contribution in [0.4, 0.5) is 0 Å². The molecule has 0 bridgehead atoms. The molecule has 2 unspecified atom stereocenters. The minimum absolute atomic E-state index is 0.283. The molecule has 2 aromatic carbocycles. The third kappa shape index (κ3) is 4.25. The van der Waals surface area contributed by atoms with Crippen molar-refractivity contribution < 1.29 is 14.2 Å². The molecule has 2 atom stereocenters. The predicted octanol–water partition coefficient (Wildman–Crippen LogP) is 4.72. The summed E-state index contributed by atoms with van der Waals surface area (Å²) in [4.78, 5) is 4.01. The Balaban J connectivity index is 1.37. The number of rotatable bonds is 7. The van der Waals surface area contributed by atoms with Crippen LogP contribution in [-0.4, -0.2) is 38.6 Å². The van der Waals surface area contributed by atoms with Gasteiger partial charge < -0.3 is 18.8 Å². The van der Waals surface area contributed by atoms with Crippen LogP contribution in [0.1, 0.15) is 5.56 Å². The molecule has 1 fully saturated rings. The van der Waals surface area contributed by atoms with Gasteiger partial charge in [0.25, 0.3) is 0 Å². The molecule has 164 valence electrons. The van der Waals surface area contributed by atoms with Gasteiger partial charge in [-0.05, 0) is 36.4 Å². The molecule has 0 spiro atoms. The molecule has 3 heterocycles. The van der Waals surface area contributed by atoms with E-state index in [-0.39, 0.29) is 12.6 Å². The zero-order valence-electron chi connectivity index (χ0n) is 17.0. The number of aromatic nitrogens is 4. The molecule has 2 aromatic heterocycles. The second kappa shape index (κ2) is 8.96. The molecule has 0 saturated carbocycles. The molecule has 4 aromatic rings. The van der Waals surface area contributed by atoms with Crippen LogP contribution in [0.25, 0.3) is 5.69 Å². The Morgan fingerprint density at radius 3 is 2.72 bits per heavy atom. The lowest BCUT2D eigenvalue weighted by Gasteiger charge is -2.29. The van der Waals surface area contributed by atoms with E-state index < -0.39 is 5.79 Å². The van der Waals surface area contributed by atoms with Crippen LogP contribution < -0.4 is 4.74 Å². The Morgan fingerprint density at radius 2 is 1.94 bits per heavy atom. The number of benzene rings is 2. The zero-order valence-corrected chi connectivity index (χ0v) is 18.5. The summed E-state index contributed by atoms with van der Waals surface area (Å²) in [6, 6.07) is 17.0. The van der Waals surface area contributed by atoms with E-state index in [1.807, 2.05) is 59.4 Å². The summed E-state index contributed by atoms with van der Waals surface area (Å²) < 4.78 is 22.4. The third-order valence-electron chi connectivity index (χ3n) is 5.21. The molecule has 7 nitrogen and oxygen atoms in total. The van der Waals surface area contributed by atoms with Crippen molar-refractivity contribution in [2.75, 3.05) is 13.2 Å². The van der Waals surface area contributed by atoms with Gasteiger partial charge in [0.2, 0.25) is 5.79 Å². The molecule has 9 heteroatoms. The molecule has 1 aliphatic rings. The highest BCUT2D eigenvalue weighted by Crippen LogP contribution is 2.40. The van der Waals surface area contributed by atoms with Gasteiger partial charge in [-0.1, -0.05) is 41.4 Å². The molecule has 1 saturated heterocycles. The standard InChI is InChI=1S/C23H20Cl2N4O3/c24-17-7-8-19(20(25)11-17)23(14-29-16-26-15-27-29)31-13-18(32-23)12-30-22-6-2-1-5-21(22)28-9-3-4-10-28/h1-11,15-16,18H,12-14H2. The average molecular weight is 471 g/mol. The van der Waals surface area contributed by atoms with E-state index in [0.717, 1.165) is 11.4 Å². The summed E-state index contributed by atoms with van der Waals surface area (Å²) in [5, 5.41) is 5.19. The van der Waals surface area contributed by atoms with E-state index in [4.69, 9.17) is 37.4 Å². The summed E-state index contributed by atoms with van der Waals surface area (Å²) in [6.45, 7) is 0.923. The topological polar surface area (TPSA) is 63.3 Å². The SMILES string of the molecule is Clc1ccc(C2(Cn3cncn3)OCC(COc3ccccc3-n3cccc3)O2)c(Cl)c1. The lowest BCUT2D eigenvalue weighted by Crippen LogP contribution is -2.35. The van der Waals surface area contributed by atoms with Gasteiger partial charge in [-0.15, -0.1) is 0 Å². The molecule has 1 aliphatic heterocycles. The lowest BCUT2D eigenvalue weighted by atomic mass is 10.1. The maximum atomic E-state index is 6.51. The van der Waals surface area contributed by atoms with Crippen LogP contribution in [0.5, 0.6) is 5.75 Å². The minimum atomic E-state index is -1.14. The monoisotopic (exact) mass is 470 g/mol. The first-order valence-corrected chi connectivity index (χ1v) is 10.8. The van der Waals surface area contributed by atoms with Crippen molar-refractivity contribution in [2.24, 2.45) is 0 Å². The van der Waals surface area contributed by atoms with Gasteiger partial charge in [0.05, 0.1) is 17.3 Å². The highest BCUT2D eigenvalue weighted by Gasteiger charge is 2.45. The molecule has 0 radical (unpaired) electrons. The fraction of sp³-hybridized carbons (Fsp3) is 0.217. The normalized spacial score (nSPS) is 20.5. The third-order valence-corrected chi connectivity index (χ3v) is 5.76. The fourth-order valence-electron chi connectivity index (χ4n) is 3.75. The van der Waals surface area contributed by atoms with Crippen LogP contribution in [0.15, 0.2) is 79.6 Å². The Morgan fingerprint density at radius 1 is 1.09 bits per heavy atom. The average Bonchev–Trinajstić information content (AvgIpc) is 3.56. The molecule has 0 aliphatic carbocycles. The van der Waals surface area contributed by atoms with Gasteiger partial charge >= 0.3 is 0 Å². The van der Waals surface area contributed by atoms with Gasteiger partial charge in [0.15, 0.2) is 0 Å². The predicted molar refractivity (Wildman–Crippen MR) is 120 cm³/mol. The van der Waals surface area contributed by atoms with E-state index in [2.05, 4.69) is 10.1 Å². The maximum Gasteiger partial charge on any atom is 0.217 e. The van der Waals surface area contributed by atoms with Gasteiger partial charge in [-0.2, -0.15) is 5.10 Å². The van der Waals surface area contributed by atoms with Gasteiger partial charge in [-0.3, -0.25) is 0 Å². The molecule has 0 N–H and O–H groups in total. The van der Waals surface area contributed by atoms with E-state index in [9.17, 15) is 0 Å². The van der Waals surface area contributed by atoms with Crippen molar-refractivity contribution in [1.29, 1.82) is 0 Å². The zero-order chi connectivity index (χ0) is 22.0. The Bertz CT molecular complexity index is 1180. The van der Waals surface area contributed by atoms with Crippen molar-refractivity contribution in [3.8, 4) is 11.4 Å². The summed E-state index contributed by atoms with van der Waals surface area (Å²) in [6.07, 6.45) is 6.70. The van der Waals surface area contributed by atoms with Crippen LogP contribution in [0.2, 0.25) is 10.0 Å². The second-order valence-electron chi connectivity index (χ2n) is 7.39. The Hall–Kier alpha value is -2.84. The number of para-hydroxylation sites is 2. The number of hydrogen-bond acceptors (Lipinski definition) is 5. The van der Waals surface area contributed by atoms with Crippen LogP contribution in [-0.2, 0) is 21.8 Å². The van der Waals surface area contributed by atoms with Crippen molar-refractivity contribution in [3.05, 3.63) is 95.3 Å². The summed E-state index contributed by atoms with van der Waals surface area (Å²) in [7, 11) is 0. The van der Waals surface area contributed by atoms with Crippen molar-refractivity contribution in [2.45, 2.75) is 18.4 Å². The Labute approximate surface area is 195 Å². The van der Waals surface area contributed by atoms with Crippen molar-refractivity contribution >= 4 is 23.2 Å². The first-order chi connectivity index (χ1) is 15.6. The molecule has 32 heavy (non-hydrogen) atoms. The quantitative estimate of drug-likeness (QED) is 0.390. The number of halogens is 2. The van der Waals surface area contributed by atoms with Gasteiger partial charge in [-0.25, -0.2) is 9.67 Å². The number of nitrogens with zero attached hydrogens (tertiary/aromatic N) is 4. The van der Waals surface area contributed by atoms with E-state index in [1.165, 1.54) is 6.33 Å². The number of ether oxygens (including phenoxy) is 3. The van der Waals surface area contributed by atoms with Crippen LogP contribution >= 0.6 is 23.2 Å². The van der Waals surface area contributed by atoms with E-state index in [1.54, 1.807) is 23.1 Å². The number of hydrogen-bond donors (Lipinski definition) is 0. The highest BCUT2D eigenvalue weighted by atomic mass is 35.5. The summed E-state index contributed by atoms with van der Waals surface area (Å²) in [5.74, 6) is -0.380. The van der Waals surface area contributed by atoms with Gasteiger partial charge in [0, 0.05) is 23.0 Å². The Kier molecular flexibility index (Phi) is 5.89. The molecule has 5 rings (SSSR count).